The number of halogens is 1. The van der Waals surface area contributed by atoms with E-state index in [4.69, 9.17) is 21.9 Å². The molecular weight excluding hydrogens is 394 g/mol. The van der Waals surface area contributed by atoms with Gasteiger partial charge in [0.1, 0.15) is 10.6 Å². The third-order valence-corrected chi connectivity index (χ3v) is 6.20. The van der Waals surface area contributed by atoms with Crippen molar-refractivity contribution in [2.45, 2.75) is 25.7 Å². The zero-order chi connectivity index (χ0) is 17.4. The molecule has 0 atom stereocenters. The van der Waals surface area contributed by atoms with Crippen molar-refractivity contribution in [2.24, 2.45) is 17.4 Å². The summed E-state index contributed by atoms with van der Waals surface area (Å²) in [5.41, 5.74) is 17.5. The SMILES string of the molecule is NC(=O)c1sc2c(C(N)=O)c(Br)cc(OCC3CCCC3)c2c1N. The number of primary amides is 2. The van der Waals surface area contributed by atoms with Crippen molar-refractivity contribution in [1.82, 2.24) is 0 Å². The maximum absolute atomic E-state index is 11.8. The van der Waals surface area contributed by atoms with Gasteiger partial charge in [-0.1, -0.05) is 12.8 Å². The van der Waals surface area contributed by atoms with Crippen molar-refractivity contribution in [3.05, 3.63) is 21.0 Å². The Kier molecular flexibility index (Phi) is 4.69. The minimum Gasteiger partial charge on any atom is -0.493 e. The quantitative estimate of drug-likeness (QED) is 0.699. The van der Waals surface area contributed by atoms with Gasteiger partial charge in [-0.25, -0.2) is 0 Å². The lowest BCUT2D eigenvalue weighted by Crippen LogP contribution is -2.13. The van der Waals surface area contributed by atoms with Crippen LogP contribution in [0.3, 0.4) is 0 Å². The van der Waals surface area contributed by atoms with Crippen LogP contribution in [0.2, 0.25) is 0 Å². The molecule has 24 heavy (non-hydrogen) atoms. The number of hydrogen-bond acceptors (Lipinski definition) is 5. The Bertz CT molecular complexity index is 828. The highest BCUT2D eigenvalue weighted by atomic mass is 79.9. The van der Waals surface area contributed by atoms with Crippen molar-refractivity contribution >= 4 is 54.9 Å². The first-order chi connectivity index (χ1) is 11.4. The fraction of sp³-hybridized carbons (Fsp3) is 0.375. The average molecular weight is 412 g/mol. The summed E-state index contributed by atoms with van der Waals surface area (Å²) in [6.45, 7) is 0.582. The molecule has 0 radical (unpaired) electrons. The molecule has 0 aliphatic heterocycles. The monoisotopic (exact) mass is 411 g/mol. The molecule has 1 aromatic carbocycles. The van der Waals surface area contributed by atoms with Gasteiger partial charge in [-0.05, 0) is 40.8 Å². The van der Waals surface area contributed by atoms with Gasteiger partial charge in [0, 0.05) is 4.47 Å². The van der Waals surface area contributed by atoms with E-state index in [1.54, 1.807) is 6.07 Å². The first-order valence-electron chi connectivity index (χ1n) is 7.67. The largest absolute Gasteiger partial charge is 0.493 e. The number of ether oxygens (including phenoxy) is 1. The van der Waals surface area contributed by atoms with Crippen LogP contribution >= 0.6 is 27.3 Å². The predicted octanol–water partition coefficient (Wildman–Crippen LogP) is 3.01. The Morgan fingerprint density at radius 2 is 1.92 bits per heavy atom. The van der Waals surface area contributed by atoms with E-state index in [1.165, 1.54) is 12.8 Å². The minimum absolute atomic E-state index is 0.205. The number of anilines is 1. The molecular formula is C16H18BrN3O3S. The van der Waals surface area contributed by atoms with E-state index < -0.39 is 11.8 Å². The van der Waals surface area contributed by atoms with E-state index in [2.05, 4.69) is 15.9 Å². The Morgan fingerprint density at radius 3 is 2.50 bits per heavy atom. The van der Waals surface area contributed by atoms with Gasteiger partial charge in [0.25, 0.3) is 11.8 Å². The summed E-state index contributed by atoms with van der Waals surface area (Å²) in [4.78, 5) is 23.6. The molecule has 128 valence electrons. The molecule has 1 aromatic heterocycles. The number of nitrogen functional groups attached to an aromatic ring is 1. The number of carbonyl (C=O) groups is 2. The molecule has 1 aliphatic rings. The van der Waals surface area contributed by atoms with E-state index in [0.29, 0.717) is 32.8 Å². The molecule has 6 nitrogen and oxygen atoms in total. The normalized spacial score (nSPS) is 15.0. The molecule has 2 amide bonds. The highest BCUT2D eigenvalue weighted by Crippen LogP contribution is 2.44. The van der Waals surface area contributed by atoms with E-state index in [-0.39, 0.29) is 16.1 Å². The fourth-order valence-corrected chi connectivity index (χ4v) is 5.02. The molecule has 0 saturated heterocycles. The number of thiophene rings is 1. The Balaban J connectivity index is 2.12. The lowest BCUT2D eigenvalue weighted by molar-refractivity contribution is 0.0994. The zero-order valence-corrected chi connectivity index (χ0v) is 15.3. The summed E-state index contributed by atoms with van der Waals surface area (Å²) in [7, 11) is 0. The summed E-state index contributed by atoms with van der Waals surface area (Å²) < 4.78 is 7.02. The number of amides is 2. The maximum atomic E-state index is 11.8. The lowest BCUT2D eigenvalue weighted by Gasteiger charge is -2.14. The van der Waals surface area contributed by atoms with Crippen LogP contribution in [0.1, 0.15) is 45.7 Å². The van der Waals surface area contributed by atoms with Crippen LogP contribution in [0.15, 0.2) is 10.5 Å². The van der Waals surface area contributed by atoms with Crippen LogP contribution in [0.4, 0.5) is 5.69 Å². The van der Waals surface area contributed by atoms with Crippen molar-refractivity contribution < 1.29 is 14.3 Å². The van der Waals surface area contributed by atoms with Gasteiger partial charge in [-0.3, -0.25) is 9.59 Å². The van der Waals surface area contributed by atoms with Crippen LogP contribution in [0, 0.1) is 5.92 Å². The van der Waals surface area contributed by atoms with Gasteiger partial charge in [0.05, 0.1) is 27.9 Å². The van der Waals surface area contributed by atoms with Gasteiger partial charge in [0.15, 0.2) is 0 Å². The minimum atomic E-state index is -0.637. The number of fused-ring (bicyclic) bond motifs is 1. The lowest BCUT2D eigenvalue weighted by atomic mass is 10.1. The third kappa shape index (κ3) is 2.95. The van der Waals surface area contributed by atoms with Crippen molar-refractivity contribution in [3.8, 4) is 5.75 Å². The van der Waals surface area contributed by atoms with E-state index in [1.807, 2.05) is 0 Å². The highest BCUT2D eigenvalue weighted by Gasteiger charge is 2.25. The number of carbonyl (C=O) groups excluding carboxylic acids is 2. The van der Waals surface area contributed by atoms with Gasteiger partial charge >= 0.3 is 0 Å². The smallest absolute Gasteiger partial charge is 0.260 e. The second-order valence-corrected chi connectivity index (χ2v) is 7.85. The molecule has 2 aromatic rings. The zero-order valence-electron chi connectivity index (χ0n) is 12.9. The number of hydrogen-bond donors (Lipinski definition) is 3. The fourth-order valence-electron chi connectivity index (χ4n) is 3.14. The molecule has 0 spiro atoms. The molecule has 3 rings (SSSR count). The van der Waals surface area contributed by atoms with Crippen molar-refractivity contribution in [2.75, 3.05) is 12.3 Å². The van der Waals surface area contributed by atoms with Crippen molar-refractivity contribution in [3.63, 3.8) is 0 Å². The van der Waals surface area contributed by atoms with Crippen LogP contribution < -0.4 is 21.9 Å². The number of benzene rings is 1. The highest BCUT2D eigenvalue weighted by molar-refractivity contribution is 9.10. The summed E-state index contributed by atoms with van der Waals surface area (Å²) in [6.07, 6.45) is 4.74. The third-order valence-electron chi connectivity index (χ3n) is 4.33. The van der Waals surface area contributed by atoms with Gasteiger partial charge in [0.2, 0.25) is 0 Å². The maximum Gasteiger partial charge on any atom is 0.260 e. The molecule has 8 heteroatoms. The van der Waals surface area contributed by atoms with Gasteiger partial charge in [-0.15, -0.1) is 11.3 Å². The van der Waals surface area contributed by atoms with Gasteiger partial charge in [-0.2, -0.15) is 0 Å². The standard InChI is InChI=1S/C16H18BrN3O3S/c17-8-5-9(23-6-7-3-1-2-4-7)11-12(18)14(16(20)22)24-13(11)10(8)15(19)21/h5,7H,1-4,6,18H2,(H2,19,21)(H2,20,22). The first-order valence-corrected chi connectivity index (χ1v) is 9.28. The average Bonchev–Trinajstić information content (AvgIpc) is 3.12. The van der Waals surface area contributed by atoms with Crippen LogP contribution in [-0.2, 0) is 0 Å². The molecule has 1 saturated carbocycles. The molecule has 1 fully saturated rings. The number of nitrogens with two attached hydrogens (primary N) is 3. The van der Waals surface area contributed by atoms with Gasteiger partial charge < -0.3 is 21.9 Å². The summed E-state index contributed by atoms with van der Waals surface area (Å²) in [5.74, 6) is -0.186. The molecule has 6 N–H and O–H groups in total. The Morgan fingerprint density at radius 1 is 1.25 bits per heavy atom. The van der Waals surface area contributed by atoms with Crippen LogP contribution in [0.25, 0.3) is 10.1 Å². The predicted molar refractivity (Wildman–Crippen MR) is 98.4 cm³/mol. The summed E-state index contributed by atoms with van der Waals surface area (Å²) >= 11 is 4.43. The first kappa shape index (κ1) is 17.0. The van der Waals surface area contributed by atoms with E-state index in [9.17, 15) is 9.59 Å². The number of rotatable bonds is 5. The van der Waals surface area contributed by atoms with E-state index >= 15 is 0 Å². The molecule has 0 unspecified atom stereocenters. The second kappa shape index (κ2) is 6.60. The molecule has 1 heterocycles. The topological polar surface area (TPSA) is 121 Å². The Hall–Kier alpha value is -1.80. The van der Waals surface area contributed by atoms with Crippen LogP contribution in [0.5, 0.6) is 5.75 Å². The summed E-state index contributed by atoms with van der Waals surface area (Å²) in [6, 6.07) is 1.69. The second-order valence-electron chi connectivity index (χ2n) is 5.97. The molecule has 1 aliphatic carbocycles. The van der Waals surface area contributed by atoms with Crippen LogP contribution in [-0.4, -0.2) is 18.4 Å². The van der Waals surface area contributed by atoms with Crippen molar-refractivity contribution in [1.29, 1.82) is 0 Å². The Labute approximate surface area is 151 Å². The molecule has 0 bridgehead atoms. The summed E-state index contributed by atoms with van der Waals surface area (Å²) in [5, 5.41) is 0.531. The van der Waals surface area contributed by atoms with E-state index in [0.717, 1.165) is 24.2 Å².